The van der Waals surface area contributed by atoms with E-state index in [-0.39, 0.29) is 30.6 Å². The summed E-state index contributed by atoms with van der Waals surface area (Å²) >= 11 is 0. The molecule has 0 amide bonds. The number of aromatic hydroxyl groups is 1. The second kappa shape index (κ2) is 6.93. The van der Waals surface area contributed by atoms with E-state index in [1.807, 2.05) is 30.3 Å². The van der Waals surface area contributed by atoms with Gasteiger partial charge in [-0.3, -0.25) is 9.97 Å². The predicted molar refractivity (Wildman–Crippen MR) is 85.4 cm³/mol. The summed E-state index contributed by atoms with van der Waals surface area (Å²) in [5.74, 6) is 0.255. The summed E-state index contributed by atoms with van der Waals surface area (Å²) in [7, 11) is 0. The normalized spacial score (nSPS) is 9.40. The average molecular weight is 310 g/mol. The Morgan fingerprint density at radius 1 is 0.750 bits per heavy atom. The quantitative estimate of drug-likeness (QED) is 0.704. The highest BCUT2D eigenvalue weighted by atomic mass is 35.5. The van der Waals surface area contributed by atoms with Gasteiger partial charge >= 0.3 is 0 Å². The van der Waals surface area contributed by atoms with Gasteiger partial charge in [0.05, 0.1) is 11.0 Å². The molecule has 3 aromatic rings. The van der Waals surface area contributed by atoms with Gasteiger partial charge in [0.2, 0.25) is 0 Å². The number of hydrogen-bond donors (Lipinski definition) is 2. The maximum atomic E-state index is 9.22. The lowest BCUT2D eigenvalue weighted by Crippen LogP contribution is -1.90. The van der Waals surface area contributed by atoms with E-state index in [0.29, 0.717) is 0 Å². The number of nitrogens with zero attached hydrogens (tertiary/aromatic N) is 2. The molecule has 0 aliphatic rings. The molecule has 0 atom stereocenters. The Balaban J connectivity index is 0.000001000. The Morgan fingerprint density at radius 3 is 2.05 bits per heavy atom. The second-order valence-electron chi connectivity index (χ2n) is 3.93. The van der Waals surface area contributed by atoms with Crippen LogP contribution in [0.3, 0.4) is 0 Å². The molecule has 0 fully saturated rings. The first-order valence-corrected chi connectivity index (χ1v) is 5.58. The lowest BCUT2D eigenvalue weighted by atomic mass is 10.2. The smallest absolute Gasteiger partial charge is 0.115 e. The molecule has 1 aromatic heterocycles. The molecular weight excluding hydrogens is 297 g/mol. The van der Waals surface area contributed by atoms with Gasteiger partial charge in [-0.1, -0.05) is 0 Å². The van der Waals surface area contributed by atoms with Crippen molar-refractivity contribution in [2.45, 2.75) is 0 Å². The Kier molecular flexibility index (Phi) is 5.55. The minimum absolute atomic E-state index is 0. The number of phenols is 1. The van der Waals surface area contributed by atoms with E-state index in [1.54, 1.807) is 24.5 Å². The zero-order valence-electron chi connectivity index (χ0n) is 10.4. The third-order valence-electron chi connectivity index (χ3n) is 2.63. The Morgan fingerprint density at radius 2 is 1.35 bits per heavy atom. The maximum absolute atomic E-state index is 9.22. The highest BCUT2D eigenvalue weighted by Crippen LogP contribution is 2.21. The molecule has 4 nitrogen and oxygen atoms in total. The molecule has 1 heterocycles. The van der Waals surface area contributed by atoms with Crippen molar-refractivity contribution in [3.63, 3.8) is 0 Å². The third kappa shape index (κ3) is 3.50. The van der Waals surface area contributed by atoms with Crippen molar-refractivity contribution in [1.82, 2.24) is 9.97 Å². The molecule has 2 N–H and O–H groups in total. The number of benzene rings is 2. The van der Waals surface area contributed by atoms with Crippen LogP contribution in [0.4, 0.5) is 11.4 Å². The van der Waals surface area contributed by atoms with E-state index in [0.717, 1.165) is 22.4 Å². The van der Waals surface area contributed by atoms with Crippen LogP contribution in [0, 0.1) is 0 Å². The predicted octanol–water partition coefficient (Wildman–Crippen LogP) is 3.92. The van der Waals surface area contributed by atoms with Gasteiger partial charge < -0.3 is 10.4 Å². The van der Waals surface area contributed by atoms with Gasteiger partial charge in [-0.25, -0.2) is 0 Å². The number of hydrogen-bond acceptors (Lipinski definition) is 4. The molecule has 2 aromatic carbocycles. The van der Waals surface area contributed by atoms with Gasteiger partial charge in [-0.05, 0) is 42.5 Å². The Hall–Kier alpha value is -2.04. The number of anilines is 2. The SMILES string of the molecule is Cl.Cl.Oc1ccc(Nc2ccc3nccnc3c2)cc1. The minimum atomic E-state index is 0. The Bertz CT molecular complexity index is 689. The van der Waals surface area contributed by atoms with E-state index in [9.17, 15) is 5.11 Å². The van der Waals surface area contributed by atoms with E-state index in [2.05, 4.69) is 15.3 Å². The van der Waals surface area contributed by atoms with E-state index in [1.165, 1.54) is 0 Å². The fourth-order valence-electron chi connectivity index (χ4n) is 1.75. The van der Waals surface area contributed by atoms with Crippen LogP contribution in [-0.2, 0) is 0 Å². The zero-order chi connectivity index (χ0) is 12.4. The second-order valence-corrected chi connectivity index (χ2v) is 3.93. The Labute approximate surface area is 128 Å². The monoisotopic (exact) mass is 309 g/mol. The van der Waals surface area contributed by atoms with Gasteiger partial charge in [0.15, 0.2) is 0 Å². The van der Waals surface area contributed by atoms with Crippen LogP contribution in [0.25, 0.3) is 11.0 Å². The van der Waals surface area contributed by atoms with Gasteiger partial charge in [0, 0.05) is 23.8 Å². The minimum Gasteiger partial charge on any atom is -0.508 e. The van der Waals surface area contributed by atoms with Gasteiger partial charge in [-0.2, -0.15) is 0 Å². The molecule has 0 aliphatic heterocycles. The molecular formula is C14H13Cl2N3O. The van der Waals surface area contributed by atoms with Crippen molar-refractivity contribution < 1.29 is 5.11 Å². The van der Waals surface area contributed by atoms with Crippen molar-refractivity contribution in [2.75, 3.05) is 5.32 Å². The first kappa shape index (κ1) is 16.0. The standard InChI is InChI=1S/C14H11N3O.2ClH/c18-12-4-1-10(2-5-12)17-11-3-6-13-14(9-11)16-8-7-15-13;;/h1-9,17-18H;2*1H. The molecule has 0 unspecified atom stereocenters. The lowest BCUT2D eigenvalue weighted by molar-refractivity contribution is 0.475. The van der Waals surface area contributed by atoms with E-state index < -0.39 is 0 Å². The number of phenolic OH excluding ortho intramolecular Hbond substituents is 1. The summed E-state index contributed by atoms with van der Waals surface area (Å²) in [5, 5.41) is 12.5. The van der Waals surface area contributed by atoms with Crippen molar-refractivity contribution in [3.8, 4) is 5.75 Å². The van der Waals surface area contributed by atoms with Crippen LogP contribution < -0.4 is 5.32 Å². The molecule has 0 bridgehead atoms. The summed E-state index contributed by atoms with van der Waals surface area (Å²) in [5.41, 5.74) is 3.57. The van der Waals surface area contributed by atoms with Gasteiger partial charge in [0.1, 0.15) is 5.75 Å². The molecule has 0 radical (unpaired) electrons. The summed E-state index contributed by atoms with van der Waals surface area (Å²) in [6.07, 6.45) is 3.35. The highest BCUT2D eigenvalue weighted by Gasteiger charge is 1.99. The van der Waals surface area contributed by atoms with E-state index in [4.69, 9.17) is 0 Å². The topological polar surface area (TPSA) is 58.0 Å². The first-order chi connectivity index (χ1) is 8.81. The average Bonchev–Trinajstić information content (AvgIpc) is 2.41. The molecule has 0 saturated heterocycles. The number of aromatic nitrogens is 2. The molecule has 6 heteroatoms. The molecule has 0 aliphatic carbocycles. The fraction of sp³-hybridized carbons (Fsp3) is 0. The van der Waals surface area contributed by atoms with Crippen LogP contribution in [0.1, 0.15) is 0 Å². The number of fused-ring (bicyclic) bond motifs is 1. The largest absolute Gasteiger partial charge is 0.508 e. The third-order valence-corrected chi connectivity index (χ3v) is 2.63. The summed E-state index contributed by atoms with van der Waals surface area (Å²) in [6.45, 7) is 0. The molecule has 0 spiro atoms. The van der Waals surface area contributed by atoms with Crippen molar-refractivity contribution in [2.24, 2.45) is 0 Å². The lowest BCUT2D eigenvalue weighted by Gasteiger charge is -2.07. The zero-order valence-corrected chi connectivity index (χ0v) is 12.0. The van der Waals surface area contributed by atoms with Crippen LogP contribution in [0.15, 0.2) is 54.9 Å². The van der Waals surface area contributed by atoms with Crippen LogP contribution in [0.5, 0.6) is 5.75 Å². The number of nitrogens with one attached hydrogen (secondary N) is 1. The first-order valence-electron chi connectivity index (χ1n) is 5.58. The van der Waals surface area contributed by atoms with Crippen molar-refractivity contribution >= 4 is 47.2 Å². The molecule has 20 heavy (non-hydrogen) atoms. The summed E-state index contributed by atoms with van der Waals surface area (Å²) in [4.78, 5) is 8.47. The molecule has 104 valence electrons. The molecule has 0 saturated carbocycles. The van der Waals surface area contributed by atoms with Gasteiger partial charge in [-0.15, -0.1) is 24.8 Å². The number of rotatable bonds is 2. The van der Waals surface area contributed by atoms with Crippen LogP contribution >= 0.6 is 24.8 Å². The van der Waals surface area contributed by atoms with Crippen LogP contribution in [-0.4, -0.2) is 15.1 Å². The van der Waals surface area contributed by atoms with Crippen LogP contribution in [0.2, 0.25) is 0 Å². The van der Waals surface area contributed by atoms with Crippen molar-refractivity contribution in [1.29, 1.82) is 0 Å². The van der Waals surface area contributed by atoms with E-state index >= 15 is 0 Å². The molecule has 3 rings (SSSR count). The summed E-state index contributed by atoms with van der Waals surface area (Å²) in [6, 6.07) is 12.7. The summed E-state index contributed by atoms with van der Waals surface area (Å²) < 4.78 is 0. The fourth-order valence-corrected chi connectivity index (χ4v) is 1.75. The van der Waals surface area contributed by atoms with Gasteiger partial charge in [0.25, 0.3) is 0 Å². The van der Waals surface area contributed by atoms with Crippen molar-refractivity contribution in [3.05, 3.63) is 54.9 Å². The highest BCUT2D eigenvalue weighted by molar-refractivity contribution is 5.85. The number of halogens is 2. The maximum Gasteiger partial charge on any atom is 0.115 e.